The predicted molar refractivity (Wildman–Crippen MR) is 95.8 cm³/mol. The minimum Gasteiger partial charge on any atom is -0.468 e. The topological polar surface area (TPSA) is 78.6 Å². The maximum Gasteiger partial charge on any atom is 0.321 e. The second-order valence-corrected chi connectivity index (χ2v) is 6.02. The van der Waals surface area contributed by atoms with E-state index in [4.69, 9.17) is 15.2 Å². The molecule has 0 saturated carbocycles. The normalized spacial score (nSPS) is 11.6. The van der Waals surface area contributed by atoms with Crippen LogP contribution in [0.15, 0.2) is 42.5 Å². The number of hydrogen-bond acceptors (Lipinski definition) is 5. The number of carbonyl (C=O) groups excluding carboxylic acids is 2. The first-order chi connectivity index (χ1) is 11.9. The van der Waals surface area contributed by atoms with Gasteiger partial charge in [-0.25, -0.2) is 0 Å². The summed E-state index contributed by atoms with van der Waals surface area (Å²) in [6.07, 6.45) is 0.211. The molecule has 0 fully saturated rings. The van der Waals surface area contributed by atoms with E-state index >= 15 is 0 Å². The summed E-state index contributed by atoms with van der Waals surface area (Å²) in [6.45, 7) is 3.91. The lowest BCUT2D eigenvalue weighted by Gasteiger charge is -2.16. The lowest BCUT2D eigenvalue weighted by Crippen LogP contribution is -2.29. The highest BCUT2D eigenvalue weighted by molar-refractivity contribution is 5.95. The zero-order valence-corrected chi connectivity index (χ0v) is 14.7. The minimum atomic E-state index is -1.00. The average Bonchev–Trinajstić information content (AvgIpc) is 2.62. The van der Waals surface area contributed by atoms with E-state index in [9.17, 15) is 9.59 Å². The van der Waals surface area contributed by atoms with Crippen LogP contribution in [-0.2, 0) is 32.1 Å². The van der Waals surface area contributed by atoms with Gasteiger partial charge in [-0.3, -0.25) is 9.59 Å². The SMILES string of the molecule is COC(=O)C(Cc1cc(C)c(N)c(C)c1)C(=O)OCc1ccccc1. The molecular formula is C20H23NO4. The van der Waals surface area contributed by atoms with E-state index < -0.39 is 17.9 Å². The summed E-state index contributed by atoms with van der Waals surface area (Å²) in [4.78, 5) is 24.5. The number of nitrogens with two attached hydrogens (primary N) is 1. The van der Waals surface area contributed by atoms with E-state index in [2.05, 4.69) is 0 Å². The molecule has 5 heteroatoms. The summed E-state index contributed by atoms with van der Waals surface area (Å²) in [5.74, 6) is -2.20. The van der Waals surface area contributed by atoms with E-state index in [1.54, 1.807) is 0 Å². The second kappa shape index (κ2) is 8.33. The molecule has 1 atom stereocenters. The Morgan fingerprint density at radius 1 is 1.00 bits per heavy atom. The molecule has 1 unspecified atom stereocenters. The quantitative estimate of drug-likeness (QED) is 0.496. The molecular weight excluding hydrogens is 318 g/mol. The Morgan fingerprint density at radius 3 is 2.16 bits per heavy atom. The number of rotatable bonds is 6. The molecule has 0 heterocycles. The van der Waals surface area contributed by atoms with Crippen LogP contribution in [0.5, 0.6) is 0 Å². The van der Waals surface area contributed by atoms with Gasteiger partial charge in [-0.15, -0.1) is 0 Å². The molecule has 2 aromatic rings. The molecule has 5 nitrogen and oxygen atoms in total. The van der Waals surface area contributed by atoms with Crippen molar-refractivity contribution in [1.82, 2.24) is 0 Å². The van der Waals surface area contributed by atoms with Gasteiger partial charge in [0.2, 0.25) is 0 Å². The van der Waals surface area contributed by atoms with E-state index in [0.29, 0.717) is 5.69 Å². The third kappa shape index (κ3) is 4.83. The Kier molecular flexibility index (Phi) is 6.17. The third-order valence-electron chi connectivity index (χ3n) is 4.09. The van der Waals surface area contributed by atoms with Crippen molar-refractivity contribution in [2.24, 2.45) is 5.92 Å². The van der Waals surface area contributed by atoms with E-state index in [1.807, 2.05) is 56.3 Å². The fourth-order valence-corrected chi connectivity index (χ4v) is 2.65. The van der Waals surface area contributed by atoms with Crippen molar-refractivity contribution in [2.75, 3.05) is 12.8 Å². The molecule has 0 aromatic heterocycles. The van der Waals surface area contributed by atoms with Gasteiger partial charge >= 0.3 is 11.9 Å². The summed E-state index contributed by atoms with van der Waals surface area (Å²) in [6, 6.07) is 13.1. The number of methoxy groups -OCH3 is 1. The fraction of sp³-hybridized carbons (Fsp3) is 0.300. The Morgan fingerprint density at radius 2 is 1.60 bits per heavy atom. The number of anilines is 1. The molecule has 132 valence electrons. The summed E-state index contributed by atoms with van der Waals surface area (Å²) < 4.78 is 10.1. The largest absolute Gasteiger partial charge is 0.468 e. The van der Waals surface area contributed by atoms with Crippen molar-refractivity contribution in [3.8, 4) is 0 Å². The van der Waals surface area contributed by atoms with Crippen LogP contribution in [0, 0.1) is 19.8 Å². The Hall–Kier alpha value is -2.82. The first kappa shape index (κ1) is 18.5. The summed E-state index contributed by atoms with van der Waals surface area (Å²) >= 11 is 0. The second-order valence-electron chi connectivity index (χ2n) is 6.02. The van der Waals surface area contributed by atoms with Gasteiger partial charge in [0.25, 0.3) is 0 Å². The van der Waals surface area contributed by atoms with Crippen molar-refractivity contribution in [1.29, 1.82) is 0 Å². The van der Waals surface area contributed by atoms with Gasteiger partial charge in [-0.1, -0.05) is 42.5 Å². The summed E-state index contributed by atoms with van der Waals surface area (Å²) in [5.41, 5.74) is 10.2. The number of carbonyl (C=O) groups is 2. The number of benzene rings is 2. The van der Waals surface area contributed by atoms with Crippen LogP contribution in [-0.4, -0.2) is 19.0 Å². The van der Waals surface area contributed by atoms with Crippen LogP contribution in [0.25, 0.3) is 0 Å². The van der Waals surface area contributed by atoms with Crippen LogP contribution in [0.3, 0.4) is 0 Å². The van der Waals surface area contributed by atoms with E-state index in [-0.39, 0.29) is 13.0 Å². The van der Waals surface area contributed by atoms with Crippen molar-refractivity contribution in [3.63, 3.8) is 0 Å². The highest BCUT2D eigenvalue weighted by Gasteiger charge is 2.29. The zero-order valence-electron chi connectivity index (χ0n) is 14.7. The van der Waals surface area contributed by atoms with Gasteiger partial charge in [0.1, 0.15) is 6.61 Å². The number of aryl methyl sites for hydroxylation is 2. The van der Waals surface area contributed by atoms with Gasteiger partial charge in [-0.05, 0) is 42.5 Å². The zero-order chi connectivity index (χ0) is 18.4. The Bertz CT molecular complexity index is 733. The standard InChI is InChI=1S/C20H23NO4/c1-13-9-16(10-14(2)18(13)21)11-17(19(22)24-3)20(23)25-12-15-7-5-4-6-8-15/h4-10,17H,11-12,21H2,1-3H3. The van der Waals surface area contributed by atoms with Crippen molar-refractivity contribution in [2.45, 2.75) is 26.9 Å². The molecule has 0 aliphatic heterocycles. The molecule has 2 aromatic carbocycles. The Labute approximate surface area is 147 Å². The van der Waals surface area contributed by atoms with Crippen LogP contribution in [0.1, 0.15) is 22.3 Å². The highest BCUT2D eigenvalue weighted by Crippen LogP contribution is 2.22. The van der Waals surface area contributed by atoms with Crippen molar-refractivity contribution in [3.05, 3.63) is 64.7 Å². The smallest absolute Gasteiger partial charge is 0.321 e. The number of esters is 2. The number of ether oxygens (including phenoxy) is 2. The molecule has 0 radical (unpaired) electrons. The fourth-order valence-electron chi connectivity index (χ4n) is 2.65. The summed E-state index contributed by atoms with van der Waals surface area (Å²) in [7, 11) is 1.26. The lowest BCUT2D eigenvalue weighted by atomic mass is 9.95. The van der Waals surface area contributed by atoms with Crippen molar-refractivity contribution < 1.29 is 19.1 Å². The maximum atomic E-state index is 12.4. The first-order valence-electron chi connectivity index (χ1n) is 8.06. The lowest BCUT2D eigenvalue weighted by molar-refractivity contribution is -0.161. The molecule has 2 N–H and O–H groups in total. The van der Waals surface area contributed by atoms with Gasteiger partial charge in [0.05, 0.1) is 7.11 Å². The molecule has 0 aliphatic carbocycles. The highest BCUT2D eigenvalue weighted by atomic mass is 16.5. The summed E-state index contributed by atoms with van der Waals surface area (Å²) in [5, 5.41) is 0. The monoisotopic (exact) mass is 341 g/mol. The van der Waals surface area contributed by atoms with E-state index in [0.717, 1.165) is 22.3 Å². The van der Waals surface area contributed by atoms with Crippen LogP contribution in [0.2, 0.25) is 0 Å². The van der Waals surface area contributed by atoms with Crippen LogP contribution < -0.4 is 5.73 Å². The average molecular weight is 341 g/mol. The van der Waals surface area contributed by atoms with Gasteiger partial charge in [0.15, 0.2) is 5.92 Å². The molecule has 0 amide bonds. The molecule has 2 rings (SSSR count). The first-order valence-corrected chi connectivity index (χ1v) is 8.06. The van der Waals surface area contributed by atoms with Gasteiger partial charge in [0, 0.05) is 5.69 Å². The molecule has 0 saturated heterocycles. The van der Waals surface area contributed by atoms with E-state index in [1.165, 1.54) is 7.11 Å². The maximum absolute atomic E-state index is 12.4. The number of nitrogen functional groups attached to an aromatic ring is 1. The number of hydrogen-bond donors (Lipinski definition) is 1. The van der Waals surface area contributed by atoms with Gasteiger partial charge in [-0.2, -0.15) is 0 Å². The van der Waals surface area contributed by atoms with Crippen LogP contribution in [0.4, 0.5) is 5.69 Å². The molecule has 25 heavy (non-hydrogen) atoms. The van der Waals surface area contributed by atoms with Crippen LogP contribution >= 0.6 is 0 Å². The predicted octanol–water partition coefficient (Wildman–Crippen LogP) is 2.96. The van der Waals surface area contributed by atoms with Crippen molar-refractivity contribution >= 4 is 17.6 Å². The molecule has 0 spiro atoms. The third-order valence-corrected chi connectivity index (χ3v) is 4.09. The molecule has 0 bridgehead atoms. The molecule has 0 aliphatic rings. The Balaban J connectivity index is 2.13. The minimum absolute atomic E-state index is 0.118. The van der Waals surface area contributed by atoms with Gasteiger partial charge < -0.3 is 15.2 Å².